The molecule has 1 amide bonds. The third kappa shape index (κ3) is 6.32. The highest BCUT2D eigenvalue weighted by atomic mass is 79.9. The van der Waals surface area contributed by atoms with E-state index in [1.807, 2.05) is 0 Å². The zero-order chi connectivity index (χ0) is 16.0. The maximum absolute atomic E-state index is 12.1. The fraction of sp³-hybridized carbons (Fsp3) is 0.600. The first kappa shape index (κ1) is 18.4. The number of halogens is 2. The molecule has 1 aromatic rings. The summed E-state index contributed by atoms with van der Waals surface area (Å²) < 4.78 is 0.776. The number of aromatic nitrogens is 1. The maximum Gasteiger partial charge on any atom is 0.224 e. The van der Waals surface area contributed by atoms with E-state index in [1.165, 1.54) is 0 Å². The van der Waals surface area contributed by atoms with E-state index in [9.17, 15) is 4.79 Å². The summed E-state index contributed by atoms with van der Waals surface area (Å²) in [6, 6.07) is 1.74. The zero-order valence-electron chi connectivity index (χ0n) is 12.7. The van der Waals surface area contributed by atoms with Gasteiger partial charge in [-0.25, -0.2) is 4.98 Å². The van der Waals surface area contributed by atoms with Crippen LogP contribution in [0.25, 0.3) is 0 Å². The van der Waals surface area contributed by atoms with Gasteiger partial charge in [0.1, 0.15) is 0 Å². The molecule has 1 unspecified atom stereocenters. The van der Waals surface area contributed by atoms with Gasteiger partial charge in [0, 0.05) is 17.1 Å². The molecule has 1 aromatic heterocycles. The summed E-state index contributed by atoms with van der Waals surface area (Å²) in [6.07, 6.45) is 3.78. The Hall–Kier alpha value is -0.650. The smallest absolute Gasteiger partial charge is 0.224 e. The normalized spacial score (nSPS) is 13.0. The monoisotopic (exact) mass is 375 g/mol. The predicted octanol–water partition coefficient (Wildman–Crippen LogP) is 4.23. The average molecular weight is 377 g/mol. The molecule has 1 atom stereocenters. The van der Waals surface area contributed by atoms with E-state index in [4.69, 9.17) is 17.3 Å². The highest BCUT2D eigenvalue weighted by Gasteiger charge is 2.24. The molecule has 6 heteroatoms. The van der Waals surface area contributed by atoms with E-state index < -0.39 is 0 Å². The fourth-order valence-electron chi connectivity index (χ4n) is 2.24. The van der Waals surface area contributed by atoms with Gasteiger partial charge in [-0.3, -0.25) is 4.79 Å². The Labute approximate surface area is 140 Å². The first-order valence-electron chi connectivity index (χ1n) is 7.05. The number of nitrogens with zero attached hydrogens (tertiary/aromatic N) is 1. The fourth-order valence-corrected chi connectivity index (χ4v) is 2.72. The van der Waals surface area contributed by atoms with Gasteiger partial charge >= 0.3 is 0 Å². The van der Waals surface area contributed by atoms with E-state index in [1.54, 1.807) is 12.3 Å². The van der Waals surface area contributed by atoms with Crippen LogP contribution >= 0.6 is 27.5 Å². The van der Waals surface area contributed by atoms with E-state index in [-0.39, 0.29) is 11.3 Å². The standard InChI is InChI=1S/C15H23BrClN3O/c1-15(2,3)10(6-7-18)4-5-13(21)20-12-8-11(16)9-19-14(12)17/h8-10H,4-7,18H2,1-3H3,(H,20,21). The molecule has 0 aliphatic carbocycles. The van der Waals surface area contributed by atoms with Crippen molar-refractivity contribution >= 4 is 39.1 Å². The van der Waals surface area contributed by atoms with Crippen LogP contribution in [-0.4, -0.2) is 17.4 Å². The lowest BCUT2D eigenvalue weighted by molar-refractivity contribution is -0.116. The lowest BCUT2D eigenvalue weighted by Gasteiger charge is -2.30. The molecule has 1 rings (SSSR count). The number of pyridine rings is 1. The molecule has 3 N–H and O–H groups in total. The number of hydrogen-bond acceptors (Lipinski definition) is 3. The van der Waals surface area contributed by atoms with Gasteiger partial charge < -0.3 is 11.1 Å². The van der Waals surface area contributed by atoms with Crippen LogP contribution in [0.1, 0.15) is 40.0 Å². The largest absolute Gasteiger partial charge is 0.330 e. The van der Waals surface area contributed by atoms with Crippen molar-refractivity contribution in [1.29, 1.82) is 0 Å². The quantitative estimate of drug-likeness (QED) is 0.730. The second-order valence-corrected chi connectivity index (χ2v) is 7.49. The molecule has 0 saturated heterocycles. The van der Waals surface area contributed by atoms with Crippen LogP contribution in [0.2, 0.25) is 5.15 Å². The first-order valence-corrected chi connectivity index (χ1v) is 8.22. The minimum Gasteiger partial charge on any atom is -0.330 e. The Morgan fingerprint density at radius 1 is 1.48 bits per heavy atom. The molecule has 0 spiro atoms. The van der Waals surface area contributed by atoms with Crippen LogP contribution in [0, 0.1) is 11.3 Å². The highest BCUT2D eigenvalue weighted by molar-refractivity contribution is 9.10. The molecule has 0 aliphatic heterocycles. The third-order valence-electron chi connectivity index (χ3n) is 3.54. The Bertz CT molecular complexity index is 488. The van der Waals surface area contributed by atoms with Crippen molar-refractivity contribution < 1.29 is 4.79 Å². The average Bonchev–Trinajstić information content (AvgIpc) is 2.37. The molecular weight excluding hydrogens is 354 g/mol. The van der Waals surface area contributed by atoms with Crippen molar-refractivity contribution in [2.75, 3.05) is 11.9 Å². The van der Waals surface area contributed by atoms with Gasteiger partial charge in [0.25, 0.3) is 0 Å². The van der Waals surface area contributed by atoms with Gasteiger partial charge in [-0.1, -0.05) is 32.4 Å². The molecule has 21 heavy (non-hydrogen) atoms. The molecule has 0 radical (unpaired) electrons. The van der Waals surface area contributed by atoms with Gasteiger partial charge in [-0.15, -0.1) is 0 Å². The van der Waals surface area contributed by atoms with E-state index in [0.29, 0.717) is 29.7 Å². The minimum atomic E-state index is -0.0527. The number of carbonyl (C=O) groups excluding carboxylic acids is 1. The molecule has 1 heterocycles. The maximum atomic E-state index is 12.1. The van der Waals surface area contributed by atoms with Crippen LogP contribution < -0.4 is 11.1 Å². The van der Waals surface area contributed by atoms with Gasteiger partial charge in [-0.2, -0.15) is 0 Å². The molecule has 0 aromatic carbocycles. The number of carbonyl (C=O) groups is 1. The van der Waals surface area contributed by atoms with E-state index in [2.05, 4.69) is 47.0 Å². The minimum absolute atomic E-state index is 0.0527. The van der Waals surface area contributed by atoms with Crippen molar-refractivity contribution in [3.63, 3.8) is 0 Å². The lowest BCUT2D eigenvalue weighted by Crippen LogP contribution is -2.25. The molecule has 0 saturated carbocycles. The van der Waals surface area contributed by atoms with Crippen molar-refractivity contribution in [1.82, 2.24) is 4.98 Å². The van der Waals surface area contributed by atoms with Crippen LogP contribution in [0.3, 0.4) is 0 Å². The van der Waals surface area contributed by atoms with Gasteiger partial charge in [0.15, 0.2) is 5.15 Å². The van der Waals surface area contributed by atoms with Crippen molar-refractivity contribution in [3.8, 4) is 0 Å². The second-order valence-electron chi connectivity index (χ2n) is 6.22. The number of anilines is 1. The van der Waals surface area contributed by atoms with E-state index in [0.717, 1.165) is 17.3 Å². The van der Waals surface area contributed by atoms with Crippen molar-refractivity contribution in [3.05, 3.63) is 21.9 Å². The topological polar surface area (TPSA) is 68.0 Å². The Morgan fingerprint density at radius 2 is 2.14 bits per heavy atom. The summed E-state index contributed by atoms with van der Waals surface area (Å²) in [5.74, 6) is 0.368. The first-order chi connectivity index (χ1) is 9.74. The summed E-state index contributed by atoms with van der Waals surface area (Å²) in [5.41, 5.74) is 6.34. The Balaban J connectivity index is 2.59. The number of hydrogen-bond donors (Lipinski definition) is 2. The number of amides is 1. The molecule has 0 bridgehead atoms. The summed E-state index contributed by atoms with van der Waals surface area (Å²) in [5, 5.41) is 3.10. The Morgan fingerprint density at radius 3 is 2.71 bits per heavy atom. The molecule has 0 fully saturated rings. The second kappa shape index (κ2) is 8.11. The van der Waals surface area contributed by atoms with Crippen LogP contribution in [-0.2, 0) is 4.79 Å². The number of nitrogens with two attached hydrogens (primary N) is 1. The van der Waals surface area contributed by atoms with Crippen LogP contribution in [0.5, 0.6) is 0 Å². The molecule has 0 aliphatic rings. The molecule has 4 nitrogen and oxygen atoms in total. The number of rotatable bonds is 6. The van der Waals surface area contributed by atoms with Crippen LogP contribution in [0.15, 0.2) is 16.7 Å². The van der Waals surface area contributed by atoms with Crippen molar-refractivity contribution in [2.45, 2.75) is 40.0 Å². The summed E-state index contributed by atoms with van der Waals surface area (Å²) in [4.78, 5) is 16.1. The third-order valence-corrected chi connectivity index (χ3v) is 4.27. The van der Waals surface area contributed by atoms with Crippen molar-refractivity contribution in [2.24, 2.45) is 17.1 Å². The summed E-state index contributed by atoms with van der Waals surface area (Å²) in [7, 11) is 0. The summed E-state index contributed by atoms with van der Waals surface area (Å²) >= 11 is 9.27. The van der Waals surface area contributed by atoms with Crippen LogP contribution in [0.4, 0.5) is 5.69 Å². The highest BCUT2D eigenvalue weighted by Crippen LogP contribution is 2.32. The van der Waals surface area contributed by atoms with Gasteiger partial charge in [0.05, 0.1) is 5.69 Å². The zero-order valence-corrected chi connectivity index (χ0v) is 15.1. The lowest BCUT2D eigenvalue weighted by atomic mass is 9.76. The molecular formula is C15H23BrClN3O. The Kier molecular flexibility index (Phi) is 7.10. The van der Waals surface area contributed by atoms with E-state index >= 15 is 0 Å². The number of nitrogens with one attached hydrogen (secondary N) is 1. The summed E-state index contributed by atoms with van der Waals surface area (Å²) in [6.45, 7) is 7.19. The van der Waals surface area contributed by atoms with Gasteiger partial charge in [-0.05, 0) is 52.7 Å². The SMILES string of the molecule is CC(C)(C)C(CCN)CCC(=O)Nc1cc(Br)cnc1Cl. The predicted molar refractivity (Wildman–Crippen MR) is 91.4 cm³/mol. The molecule has 118 valence electrons. The van der Waals surface area contributed by atoms with Gasteiger partial charge in [0.2, 0.25) is 5.91 Å².